The van der Waals surface area contributed by atoms with E-state index in [1.807, 2.05) is 0 Å². The molecule has 0 aromatic carbocycles. The monoisotopic (exact) mass is 224 g/mol. The number of fused-ring (bicyclic) bond motifs is 2. The molecule has 0 unspecified atom stereocenters. The van der Waals surface area contributed by atoms with E-state index in [1.54, 1.807) is 0 Å². The summed E-state index contributed by atoms with van der Waals surface area (Å²) in [5, 5.41) is 0. The average molecular weight is 224 g/mol. The molecule has 3 aliphatic rings. The Hall–Kier alpha value is -0.410. The number of hydrogen-bond acceptors (Lipinski definition) is 3. The lowest BCUT2D eigenvalue weighted by Gasteiger charge is -2.31. The fourth-order valence-corrected chi connectivity index (χ4v) is 4.26. The van der Waals surface area contributed by atoms with Gasteiger partial charge in [-0.05, 0) is 18.3 Å². The Morgan fingerprint density at radius 1 is 1.12 bits per heavy atom. The maximum atomic E-state index is 12.5. The summed E-state index contributed by atoms with van der Waals surface area (Å²) in [6.07, 6.45) is 2.90. The lowest BCUT2D eigenvalue weighted by atomic mass is 9.80. The van der Waals surface area contributed by atoms with Crippen LogP contribution in [0, 0.1) is 16.7 Å². The second kappa shape index (κ2) is 2.88. The number of rotatable bonds is 0. The van der Waals surface area contributed by atoms with Crippen molar-refractivity contribution in [1.29, 1.82) is 0 Å². The first-order valence-corrected chi connectivity index (χ1v) is 6.22. The number of carbonyl (C=O) groups is 1. The minimum Gasteiger partial charge on any atom is -0.347 e. The smallest absolute Gasteiger partial charge is 0.178 e. The zero-order valence-electron chi connectivity index (χ0n) is 10.3. The zero-order valence-corrected chi connectivity index (χ0v) is 10.3. The van der Waals surface area contributed by atoms with Gasteiger partial charge in [0.1, 0.15) is 5.78 Å². The third kappa shape index (κ3) is 1.13. The Morgan fingerprint density at radius 3 is 2.38 bits per heavy atom. The van der Waals surface area contributed by atoms with Crippen molar-refractivity contribution >= 4 is 5.78 Å². The van der Waals surface area contributed by atoms with E-state index < -0.39 is 5.79 Å². The third-order valence-corrected chi connectivity index (χ3v) is 4.73. The summed E-state index contributed by atoms with van der Waals surface area (Å²) in [4.78, 5) is 12.5. The molecule has 3 fully saturated rings. The second-order valence-corrected chi connectivity index (χ2v) is 6.52. The molecule has 3 nitrogen and oxygen atoms in total. The van der Waals surface area contributed by atoms with Gasteiger partial charge in [-0.25, -0.2) is 0 Å². The molecule has 1 spiro atoms. The lowest BCUT2D eigenvalue weighted by molar-refractivity contribution is -0.191. The second-order valence-electron chi connectivity index (χ2n) is 6.52. The molecule has 3 heteroatoms. The maximum Gasteiger partial charge on any atom is 0.178 e. The van der Waals surface area contributed by atoms with Crippen LogP contribution in [-0.4, -0.2) is 24.8 Å². The van der Waals surface area contributed by atoms with Crippen LogP contribution in [0.25, 0.3) is 0 Å². The van der Waals surface area contributed by atoms with Crippen LogP contribution in [-0.2, 0) is 14.3 Å². The average Bonchev–Trinajstić information content (AvgIpc) is 2.77. The fourth-order valence-electron chi connectivity index (χ4n) is 4.26. The van der Waals surface area contributed by atoms with E-state index in [4.69, 9.17) is 9.47 Å². The van der Waals surface area contributed by atoms with Gasteiger partial charge >= 0.3 is 0 Å². The molecule has 0 aromatic heterocycles. The Morgan fingerprint density at radius 2 is 1.75 bits per heavy atom. The normalized spacial score (nSPS) is 44.2. The van der Waals surface area contributed by atoms with E-state index >= 15 is 0 Å². The SMILES string of the molecule is CC1(C)C[C@@]2(C)CCC3(OCCO3)[C@H]2C1=O. The van der Waals surface area contributed by atoms with Crippen molar-refractivity contribution in [2.24, 2.45) is 16.7 Å². The van der Waals surface area contributed by atoms with E-state index in [0.29, 0.717) is 19.0 Å². The van der Waals surface area contributed by atoms with E-state index in [0.717, 1.165) is 19.3 Å². The number of Topliss-reactive ketones (excluding diaryl/α,β-unsaturated/α-hetero) is 1. The number of ketones is 1. The summed E-state index contributed by atoms with van der Waals surface area (Å²) < 4.78 is 11.6. The number of ether oxygens (including phenoxy) is 2. The third-order valence-electron chi connectivity index (χ3n) is 4.73. The summed E-state index contributed by atoms with van der Waals surface area (Å²) in [7, 11) is 0. The van der Waals surface area contributed by atoms with Crippen LogP contribution in [0.15, 0.2) is 0 Å². The van der Waals surface area contributed by atoms with Gasteiger partial charge in [0.15, 0.2) is 5.79 Å². The highest BCUT2D eigenvalue weighted by atomic mass is 16.7. The molecule has 0 N–H and O–H groups in total. The van der Waals surface area contributed by atoms with Gasteiger partial charge in [0.05, 0.1) is 19.1 Å². The Bertz CT molecular complexity index is 341. The Labute approximate surface area is 96.5 Å². The first-order chi connectivity index (χ1) is 7.40. The van der Waals surface area contributed by atoms with Crippen LogP contribution in [0.1, 0.15) is 40.0 Å². The highest BCUT2D eigenvalue weighted by Gasteiger charge is 2.68. The largest absolute Gasteiger partial charge is 0.347 e. The molecular weight excluding hydrogens is 204 g/mol. The molecule has 1 aliphatic heterocycles. The topological polar surface area (TPSA) is 35.5 Å². The van der Waals surface area contributed by atoms with E-state index in [1.165, 1.54) is 0 Å². The zero-order chi connectivity index (χ0) is 11.6. The van der Waals surface area contributed by atoms with Gasteiger partial charge in [-0.1, -0.05) is 20.8 Å². The molecule has 2 atom stereocenters. The molecule has 0 bridgehead atoms. The van der Waals surface area contributed by atoms with Gasteiger partial charge < -0.3 is 9.47 Å². The summed E-state index contributed by atoms with van der Waals surface area (Å²) in [6, 6.07) is 0. The highest BCUT2D eigenvalue weighted by molar-refractivity contribution is 5.91. The van der Waals surface area contributed by atoms with Gasteiger partial charge in [0.25, 0.3) is 0 Å². The minimum absolute atomic E-state index is 0.0440. The summed E-state index contributed by atoms with van der Waals surface area (Å²) >= 11 is 0. The van der Waals surface area contributed by atoms with Crippen molar-refractivity contribution in [3.63, 3.8) is 0 Å². The van der Waals surface area contributed by atoms with Gasteiger partial charge in [0, 0.05) is 11.8 Å². The standard InChI is InChI=1S/C13H20O3/c1-11(2)8-12(3)4-5-13(9(12)10(11)14)15-6-7-16-13/h9H,4-8H2,1-3H3/t9-,12+/m0/s1. The van der Waals surface area contributed by atoms with Gasteiger partial charge in [-0.3, -0.25) is 4.79 Å². The quantitative estimate of drug-likeness (QED) is 0.632. The van der Waals surface area contributed by atoms with Crippen molar-refractivity contribution in [3.05, 3.63) is 0 Å². The molecular formula is C13H20O3. The van der Waals surface area contributed by atoms with E-state index in [-0.39, 0.29) is 16.7 Å². The lowest BCUT2D eigenvalue weighted by Crippen LogP contribution is -2.42. The Kier molecular flexibility index (Phi) is 1.93. The molecule has 16 heavy (non-hydrogen) atoms. The van der Waals surface area contributed by atoms with Gasteiger partial charge in [0.2, 0.25) is 0 Å². The molecule has 1 heterocycles. The molecule has 2 aliphatic carbocycles. The van der Waals surface area contributed by atoms with Gasteiger partial charge in [-0.2, -0.15) is 0 Å². The van der Waals surface area contributed by atoms with Crippen molar-refractivity contribution in [3.8, 4) is 0 Å². The summed E-state index contributed by atoms with van der Waals surface area (Å²) in [5.74, 6) is -0.272. The molecule has 2 saturated carbocycles. The van der Waals surface area contributed by atoms with Crippen LogP contribution < -0.4 is 0 Å². The predicted octanol–water partition coefficient (Wildman–Crippen LogP) is 2.14. The van der Waals surface area contributed by atoms with Crippen LogP contribution in [0.5, 0.6) is 0 Å². The van der Waals surface area contributed by atoms with Crippen molar-refractivity contribution in [2.45, 2.75) is 45.8 Å². The highest BCUT2D eigenvalue weighted by Crippen LogP contribution is 2.63. The van der Waals surface area contributed by atoms with Gasteiger partial charge in [-0.15, -0.1) is 0 Å². The fraction of sp³-hybridized carbons (Fsp3) is 0.923. The minimum atomic E-state index is -0.570. The first-order valence-electron chi connectivity index (χ1n) is 6.22. The van der Waals surface area contributed by atoms with Crippen LogP contribution >= 0.6 is 0 Å². The molecule has 3 rings (SSSR count). The number of carbonyl (C=O) groups excluding carboxylic acids is 1. The predicted molar refractivity (Wildman–Crippen MR) is 58.9 cm³/mol. The van der Waals surface area contributed by atoms with Crippen LogP contribution in [0.3, 0.4) is 0 Å². The van der Waals surface area contributed by atoms with Crippen LogP contribution in [0.4, 0.5) is 0 Å². The van der Waals surface area contributed by atoms with E-state index in [2.05, 4.69) is 20.8 Å². The van der Waals surface area contributed by atoms with Crippen molar-refractivity contribution < 1.29 is 14.3 Å². The van der Waals surface area contributed by atoms with Crippen LogP contribution in [0.2, 0.25) is 0 Å². The molecule has 0 radical (unpaired) electrons. The molecule has 0 aromatic rings. The maximum absolute atomic E-state index is 12.5. The summed E-state index contributed by atoms with van der Waals surface area (Å²) in [5.41, 5.74) is -0.118. The van der Waals surface area contributed by atoms with E-state index in [9.17, 15) is 4.79 Å². The molecule has 0 amide bonds. The summed E-state index contributed by atoms with van der Waals surface area (Å²) in [6.45, 7) is 7.62. The first kappa shape index (κ1) is 10.7. The molecule has 90 valence electrons. The number of hydrogen-bond donors (Lipinski definition) is 0. The van der Waals surface area contributed by atoms with Crippen molar-refractivity contribution in [1.82, 2.24) is 0 Å². The Balaban J connectivity index is 2.02. The van der Waals surface area contributed by atoms with Crippen molar-refractivity contribution in [2.75, 3.05) is 13.2 Å². The molecule has 1 saturated heterocycles.